The van der Waals surface area contributed by atoms with Crippen molar-refractivity contribution in [3.05, 3.63) is 52.2 Å². The zero-order chi connectivity index (χ0) is 16.2. The summed E-state index contributed by atoms with van der Waals surface area (Å²) in [5.41, 5.74) is 0.617. The molecule has 1 fully saturated rings. The lowest BCUT2D eigenvalue weighted by molar-refractivity contribution is -0.136. The second kappa shape index (κ2) is 7.21. The summed E-state index contributed by atoms with van der Waals surface area (Å²) in [6, 6.07) is 6.70. The van der Waals surface area contributed by atoms with Crippen LogP contribution in [0.1, 0.15) is 36.3 Å². The maximum atomic E-state index is 13.7. The van der Waals surface area contributed by atoms with Crippen LogP contribution in [0.5, 0.6) is 0 Å². The first kappa shape index (κ1) is 16.1. The molecule has 1 aliphatic rings. The lowest BCUT2D eigenvalue weighted by Crippen LogP contribution is -2.41. The minimum atomic E-state index is -0.227. The molecule has 3 nitrogen and oxygen atoms in total. The molecule has 122 valence electrons. The first-order chi connectivity index (χ1) is 11.1. The number of rotatable bonds is 4. The normalized spacial score (nSPS) is 17.2. The summed E-state index contributed by atoms with van der Waals surface area (Å²) >= 11 is 1.69. The van der Waals surface area contributed by atoms with Crippen LogP contribution in [-0.2, 0) is 11.2 Å². The van der Waals surface area contributed by atoms with Gasteiger partial charge in [-0.2, -0.15) is 0 Å². The van der Waals surface area contributed by atoms with Crippen LogP contribution in [0.2, 0.25) is 0 Å². The number of aromatic nitrogens is 1. The van der Waals surface area contributed by atoms with Crippen LogP contribution in [-0.4, -0.2) is 28.9 Å². The van der Waals surface area contributed by atoms with E-state index in [1.54, 1.807) is 23.5 Å². The molecule has 0 spiro atoms. The standard InChI is InChI=1S/C18H21FN2OS/c1-13(12-15-4-2-3-5-16(15)19)18(22)21-9-6-14(7-10-21)17-20-8-11-23-17/h2-5,8,11,13-14H,6-7,9-10,12H2,1H3. The largest absolute Gasteiger partial charge is 0.342 e. The van der Waals surface area contributed by atoms with Gasteiger partial charge in [0.05, 0.1) is 5.01 Å². The Morgan fingerprint density at radius 2 is 2.13 bits per heavy atom. The number of benzene rings is 1. The molecule has 1 unspecified atom stereocenters. The molecule has 1 aliphatic heterocycles. The highest BCUT2D eigenvalue weighted by atomic mass is 32.1. The van der Waals surface area contributed by atoms with E-state index in [9.17, 15) is 9.18 Å². The van der Waals surface area contributed by atoms with Gasteiger partial charge in [0.15, 0.2) is 0 Å². The van der Waals surface area contributed by atoms with Gasteiger partial charge in [-0.15, -0.1) is 11.3 Å². The molecule has 0 saturated carbocycles. The van der Waals surface area contributed by atoms with Crippen molar-refractivity contribution in [1.82, 2.24) is 9.88 Å². The van der Waals surface area contributed by atoms with Gasteiger partial charge in [-0.3, -0.25) is 4.79 Å². The van der Waals surface area contributed by atoms with E-state index in [0.717, 1.165) is 25.9 Å². The van der Waals surface area contributed by atoms with Crippen LogP contribution >= 0.6 is 11.3 Å². The lowest BCUT2D eigenvalue weighted by atomic mass is 9.94. The zero-order valence-electron chi connectivity index (χ0n) is 13.2. The molecule has 2 heterocycles. The Bertz CT molecular complexity index is 651. The van der Waals surface area contributed by atoms with Gasteiger partial charge < -0.3 is 4.90 Å². The molecule has 3 rings (SSSR count). The molecule has 2 aromatic rings. The van der Waals surface area contributed by atoms with Crippen molar-refractivity contribution >= 4 is 17.2 Å². The molecule has 1 saturated heterocycles. The van der Waals surface area contributed by atoms with E-state index in [-0.39, 0.29) is 17.6 Å². The van der Waals surface area contributed by atoms with Crippen molar-refractivity contribution in [2.75, 3.05) is 13.1 Å². The summed E-state index contributed by atoms with van der Waals surface area (Å²) in [6.07, 6.45) is 4.23. The van der Waals surface area contributed by atoms with Crippen molar-refractivity contribution in [1.29, 1.82) is 0 Å². The minimum absolute atomic E-state index is 0.130. The van der Waals surface area contributed by atoms with Crippen molar-refractivity contribution in [3.63, 3.8) is 0 Å². The van der Waals surface area contributed by atoms with E-state index in [0.29, 0.717) is 17.9 Å². The molecule has 1 aromatic heterocycles. The lowest BCUT2D eigenvalue weighted by Gasteiger charge is -2.33. The molecule has 1 amide bonds. The Morgan fingerprint density at radius 3 is 2.78 bits per heavy atom. The second-order valence-corrected chi connectivity index (χ2v) is 7.09. The number of carbonyl (C=O) groups is 1. The van der Waals surface area contributed by atoms with Gasteiger partial charge in [0.2, 0.25) is 5.91 Å². The van der Waals surface area contributed by atoms with Crippen LogP contribution in [0.4, 0.5) is 4.39 Å². The fourth-order valence-corrected chi connectivity index (χ4v) is 3.99. The minimum Gasteiger partial charge on any atom is -0.342 e. The first-order valence-electron chi connectivity index (χ1n) is 8.06. The quantitative estimate of drug-likeness (QED) is 0.851. The van der Waals surface area contributed by atoms with Crippen molar-refractivity contribution in [2.45, 2.75) is 32.1 Å². The summed E-state index contributed by atoms with van der Waals surface area (Å²) in [5, 5.41) is 3.18. The van der Waals surface area contributed by atoms with Gasteiger partial charge >= 0.3 is 0 Å². The first-order valence-corrected chi connectivity index (χ1v) is 8.94. The molecule has 23 heavy (non-hydrogen) atoms. The van der Waals surface area contributed by atoms with Gasteiger partial charge in [-0.05, 0) is 30.9 Å². The number of halogens is 1. The second-order valence-electron chi connectivity index (χ2n) is 6.17. The zero-order valence-corrected chi connectivity index (χ0v) is 14.1. The van der Waals surface area contributed by atoms with Gasteiger partial charge in [0, 0.05) is 36.5 Å². The maximum absolute atomic E-state index is 13.7. The fraction of sp³-hybridized carbons (Fsp3) is 0.444. The van der Waals surface area contributed by atoms with Crippen molar-refractivity contribution in [2.24, 2.45) is 5.92 Å². The molecule has 0 aliphatic carbocycles. The molecule has 0 bridgehead atoms. The van der Waals surface area contributed by atoms with Crippen LogP contribution in [0, 0.1) is 11.7 Å². The van der Waals surface area contributed by atoms with Crippen molar-refractivity contribution < 1.29 is 9.18 Å². The Balaban J connectivity index is 1.55. The number of hydrogen-bond acceptors (Lipinski definition) is 3. The van der Waals surface area contributed by atoms with E-state index in [1.807, 2.05) is 29.5 Å². The summed E-state index contributed by atoms with van der Waals surface area (Å²) in [4.78, 5) is 18.9. The number of nitrogens with zero attached hydrogens (tertiary/aromatic N) is 2. The van der Waals surface area contributed by atoms with E-state index in [1.165, 1.54) is 11.1 Å². The fourth-order valence-electron chi connectivity index (χ4n) is 3.18. The maximum Gasteiger partial charge on any atom is 0.225 e. The van der Waals surface area contributed by atoms with Gasteiger partial charge in [-0.1, -0.05) is 25.1 Å². The van der Waals surface area contributed by atoms with E-state index >= 15 is 0 Å². The molecule has 0 N–H and O–H groups in total. The average molecular weight is 332 g/mol. The average Bonchev–Trinajstić information content (AvgIpc) is 3.11. The smallest absolute Gasteiger partial charge is 0.225 e. The molecule has 0 radical (unpaired) electrons. The summed E-state index contributed by atoms with van der Waals surface area (Å²) < 4.78 is 13.7. The summed E-state index contributed by atoms with van der Waals surface area (Å²) in [5.74, 6) is 0.185. The van der Waals surface area contributed by atoms with E-state index in [2.05, 4.69) is 4.98 Å². The predicted octanol–water partition coefficient (Wildman–Crippen LogP) is 3.87. The van der Waals surface area contributed by atoms with Crippen LogP contribution in [0.3, 0.4) is 0 Å². The summed E-state index contributed by atoms with van der Waals surface area (Å²) in [7, 11) is 0. The third kappa shape index (κ3) is 3.78. The molecule has 1 atom stereocenters. The van der Waals surface area contributed by atoms with Crippen LogP contribution < -0.4 is 0 Å². The number of likely N-dealkylation sites (tertiary alicyclic amines) is 1. The third-order valence-electron chi connectivity index (χ3n) is 4.51. The predicted molar refractivity (Wildman–Crippen MR) is 89.9 cm³/mol. The number of piperidine rings is 1. The molecular formula is C18H21FN2OS. The van der Waals surface area contributed by atoms with Gasteiger partial charge in [-0.25, -0.2) is 9.37 Å². The SMILES string of the molecule is CC(Cc1ccccc1F)C(=O)N1CCC(c2nccs2)CC1. The highest BCUT2D eigenvalue weighted by Gasteiger charge is 2.28. The van der Waals surface area contributed by atoms with Crippen LogP contribution in [0.25, 0.3) is 0 Å². The Hall–Kier alpha value is -1.75. The third-order valence-corrected chi connectivity index (χ3v) is 5.45. The van der Waals surface area contributed by atoms with Crippen molar-refractivity contribution in [3.8, 4) is 0 Å². The highest BCUT2D eigenvalue weighted by molar-refractivity contribution is 7.09. The Labute approximate surface area is 140 Å². The number of thiazole rings is 1. The van der Waals surface area contributed by atoms with Crippen LogP contribution in [0.15, 0.2) is 35.8 Å². The topological polar surface area (TPSA) is 33.2 Å². The Kier molecular flexibility index (Phi) is 5.06. The number of hydrogen-bond donors (Lipinski definition) is 0. The van der Waals surface area contributed by atoms with Gasteiger partial charge in [0.25, 0.3) is 0 Å². The molecule has 5 heteroatoms. The number of carbonyl (C=O) groups excluding carboxylic acids is 1. The molecular weight excluding hydrogens is 311 g/mol. The summed E-state index contributed by atoms with van der Waals surface area (Å²) in [6.45, 7) is 3.43. The highest BCUT2D eigenvalue weighted by Crippen LogP contribution is 2.30. The van der Waals surface area contributed by atoms with E-state index < -0.39 is 0 Å². The number of amides is 1. The monoisotopic (exact) mass is 332 g/mol. The van der Waals surface area contributed by atoms with Gasteiger partial charge in [0.1, 0.15) is 5.82 Å². The Morgan fingerprint density at radius 1 is 1.39 bits per heavy atom. The van der Waals surface area contributed by atoms with E-state index in [4.69, 9.17) is 0 Å². The molecule has 1 aromatic carbocycles.